The first-order valence-electron chi connectivity index (χ1n) is 10.6. The van der Waals surface area contributed by atoms with Crippen LogP contribution in [0, 0.1) is 5.82 Å². The highest BCUT2D eigenvalue weighted by molar-refractivity contribution is 5.73. The molecule has 8 heteroatoms. The molecule has 4 N–H and O–H groups in total. The van der Waals surface area contributed by atoms with E-state index in [2.05, 4.69) is 10.3 Å². The van der Waals surface area contributed by atoms with Gasteiger partial charge in [-0.15, -0.1) is 0 Å². The van der Waals surface area contributed by atoms with E-state index in [1.54, 1.807) is 32.0 Å². The van der Waals surface area contributed by atoms with Crippen LogP contribution in [0.1, 0.15) is 30.7 Å². The minimum atomic E-state index is -1.42. The molecule has 7 nitrogen and oxygen atoms in total. The maximum Gasteiger partial charge on any atom is 0.408 e. The quantitative estimate of drug-likeness (QED) is 0.529. The maximum atomic E-state index is 13.5. The Morgan fingerprint density at radius 1 is 1.27 bits per heavy atom. The number of carbonyl (C=O) groups is 1. The highest BCUT2D eigenvalue weighted by Crippen LogP contribution is 2.44. The zero-order valence-corrected chi connectivity index (χ0v) is 18.5. The molecule has 2 unspecified atom stereocenters. The summed E-state index contributed by atoms with van der Waals surface area (Å²) in [5, 5.41) is 13.7. The van der Waals surface area contributed by atoms with Crippen molar-refractivity contribution in [3.63, 3.8) is 0 Å². The van der Waals surface area contributed by atoms with Crippen LogP contribution in [-0.4, -0.2) is 29.3 Å². The van der Waals surface area contributed by atoms with Gasteiger partial charge in [0.1, 0.15) is 35.9 Å². The second-order valence-electron chi connectivity index (χ2n) is 8.53. The monoisotopic (exact) mass is 451 g/mol. The lowest BCUT2D eigenvalue weighted by Crippen LogP contribution is -2.45. The molecule has 0 saturated carbocycles. The van der Waals surface area contributed by atoms with Crippen molar-refractivity contribution < 1.29 is 23.8 Å². The molecule has 0 bridgehead atoms. The average molecular weight is 451 g/mol. The van der Waals surface area contributed by atoms with Crippen LogP contribution < -0.4 is 15.8 Å². The van der Waals surface area contributed by atoms with Crippen LogP contribution in [0.5, 0.6) is 5.75 Å². The number of rotatable bonds is 6. The van der Waals surface area contributed by atoms with Crippen LogP contribution in [0.15, 0.2) is 60.7 Å². The highest BCUT2D eigenvalue weighted by Gasteiger charge is 2.42. The molecule has 2 atom stereocenters. The number of pyridine rings is 1. The Morgan fingerprint density at radius 2 is 1.97 bits per heavy atom. The largest absolute Gasteiger partial charge is 0.488 e. The van der Waals surface area contributed by atoms with Crippen LogP contribution in [0.3, 0.4) is 0 Å². The third-order valence-corrected chi connectivity index (χ3v) is 5.73. The summed E-state index contributed by atoms with van der Waals surface area (Å²) in [4.78, 5) is 17.2. The van der Waals surface area contributed by atoms with Gasteiger partial charge in [-0.3, -0.25) is 0 Å². The fourth-order valence-corrected chi connectivity index (χ4v) is 3.66. The lowest BCUT2D eigenvalue weighted by molar-refractivity contribution is 0.0621. The number of carbonyl (C=O) groups excluding carboxylic acids is 1. The van der Waals surface area contributed by atoms with Gasteiger partial charge in [-0.2, -0.15) is 0 Å². The molecule has 33 heavy (non-hydrogen) atoms. The minimum Gasteiger partial charge on any atom is -0.488 e. The number of aromatic nitrogens is 1. The van der Waals surface area contributed by atoms with Gasteiger partial charge in [0.05, 0.1) is 5.69 Å². The predicted octanol–water partition coefficient (Wildman–Crippen LogP) is 3.59. The lowest BCUT2D eigenvalue weighted by atomic mass is 9.90. The molecule has 4 rings (SSSR count). The Hall–Kier alpha value is -3.49. The van der Waals surface area contributed by atoms with E-state index in [1.807, 2.05) is 30.3 Å². The standard InChI is InChI=1S/C25H26FN3O4/c1-24(29-23(30)32-13-16-6-4-3-5-7-16)15-33-22-19(24)12-20(25(2,31)14-27)28-21(22)17-8-10-18(26)11-9-17/h3-12,31H,13-15,27H2,1-2H3,(H,29,30). The van der Waals surface area contributed by atoms with Gasteiger partial charge in [0.25, 0.3) is 0 Å². The van der Waals surface area contributed by atoms with E-state index in [1.165, 1.54) is 12.1 Å². The molecule has 0 fully saturated rings. The fraction of sp³-hybridized carbons (Fsp3) is 0.280. The summed E-state index contributed by atoms with van der Waals surface area (Å²) in [6.45, 7) is 3.56. The first-order valence-corrected chi connectivity index (χ1v) is 10.6. The van der Waals surface area contributed by atoms with Gasteiger partial charge in [-0.25, -0.2) is 14.2 Å². The highest BCUT2D eigenvalue weighted by atomic mass is 19.1. The number of amides is 1. The van der Waals surface area contributed by atoms with Gasteiger partial charge in [-0.1, -0.05) is 30.3 Å². The van der Waals surface area contributed by atoms with Gasteiger partial charge < -0.3 is 25.6 Å². The van der Waals surface area contributed by atoms with Crippen LogP contribution in [-0.2, 0) is 22.5 Å². The molecule has 1 aliphatic rings. The number of fused-ring (bicyclic) bond motifs is 1. The number of nitrogens with one attached hydrogen (secondary N) is 1. The summed E-state index contributed by atoms with van der Waals surface area (Å²) in [5.41, 5.74) is 6.26. The van der Waals surface area contributed by atoms with Crippen molar-refractivity contribution in [2.45, 2.75) is 31.6 Å². The van der Waals surface area contributed by atoms with Crippen molar-refractivity contribution >= 4 is 6.09 Å². The van der Waals surface area contributed by atoms with Crippen molar-refractivity contribution in [2.24, 2.45) is 5.73 Å². The molecule has 2 heterocycles. The van der Waals surface area contributed by atoms with Gasteiger partial charge in [0, 0.05) is 17.7 Å². The Bertz CT molecular complexity index is 1150. The van der Waals surface area contributed by atoms with Gasteiger partial charge in [0.15, 0.2) is 5.75 Å². The van der Waals surface area contributed by atoms with Crippen molar-refractivity contribution in [1.82, 2.24) is 10.3 Å². The van der Waals surface area contributed by atoms with E-state index >= 15 is 0 Å². The number of aliphatic hydroxyl groups is 1. The molecule has 3 aromatic rings. The predicted molar refractivity (Wildman–Crippen MR) is 121 cm³/mol. The molecular weight excluding hydrogens is 425 g/mol. The zero-order valence-electron chi connectivity index (χ0n) is 18.5. The number of halogens is 1. The second-order valence-corrected chi connectivity index (χ2v) is 8.53. The Balaban J connectivity index is 1.68. The number of nitrogens with two attached hydrogens (primary N) is 1. The topological polar surface area (TPSA) is 107 Å². The van der Waals surface area contributed by atoms with Crippen molar-refractivity contribution in [3.05, 3.63) is 83.3 Å². The second kappa shape index (κ2) is 8.80. The molecule has 1 aliphatic heterocycles. The molecule has 0 aliphatic carbocycles. The summed E-state index contributed by atoms with van der Waals surface area (Å²) in [5.74, 6) is 0.0677. The smallest absolute Gasteiger partial charge is 0.408 e. The van der Waals surface area contributed by atoms with Crippen LogP contribution in [0.25, 0.3) is 11.3 Å². The van der Waals surface area contributed by atoms with Gasteiger partial charge in [-0.05, 0) is 49.7 Å². The van der Waals surface area contributed by atoms with Crippen molar-refractivity contribution in [3.8, 4) is 17.0 Å². The summed E-state index contributed by atoms with van der Waals surface area (Å²) >= 11 is 0. The van der Waals surface area contributed by atoms with Crippen molar-refractivity contribution in [2.75, 3.05) is 13.2 Å². The average Bonchev–Trinajstić information content (AvgIpc) is 3.14. The Labute approximate surface area is 191 Å². The first kappa shape index (κ1) is 22.7. The summed E-state index contributed by atoms with van der Waals surface area (Å²) < 4.78 is 24.8. The van der Waals surface area contributed by atoms with E-state index < -0.39 is 17.2 Å². The Kier molecular flexibility index (Phi) is 6.05. The van der Waals surface area contributed by atoms with Crippen LogP contribution in [0.2, 0.25) is 0 Å². The molecule has 1 aromatic heterocycles. The normalized spacial score (nSPS) is 18.7. The maximum absolute atomic E-state index is 13.5. The number of benzene rings is 2. The number of hydrogen-bond acceptors (Lipinski definition) is 6. The van der Waals surface area contributed by atoms with E-state index in [9.17, 15) is 14.3 Å². The number of alkyl carbamates (subject to hydrolysis) is 1. The molecule has 0 spiro atoms. The molecular formula is C25H26FN3O4. The summed E-state index contributed by atoms with van der Waals surface area (Å²) in [6.07, 6.45) is -0.606. The summed E-state index contributed by atoms with van der Waals surface area (Å²) in [6, 6.07) is 16.9. The van der Waals surface area contributed by atoms with Crippen molar-refractivity contribution in [1.29, 1.82) is 0 Å². The molecule has 172 valence electrons. The molecule has 2 aromatic carbocycles. The first-order chi connectivity index (χ1) is 15.7. The third kappa shape index (κ3) is 4.67. The molecule has 0 saturated heterocycles. The zero-order chi connectivity index (χ0) is 23.6. The fourth-order valence-electron chi connectivity index (χ4n) is 3.66. The molecule has 1 amide bonds. The van der Waals surface area contributed by atoms with E-state index in [-0.39, 0.29) is 25.6 Å². The Morgan fingerprint density at radius 3 is 2.64 bits per heavy atom. The summed E-state index contributed by atoms with van der Waals surface area (Å²) in [7, 11) is 0. The SMILES string of the molecule is CC(O)(CN)c1cc2c(c(-c3ccc(F)cc3)n1)OCC2(C)NC(=O)OCc1ccccc1. The number of hydrogen-bond donors (Lipinski definition) is 3. The number of nitrogens with zero attached hydrogens (tertiary/aromatic N) is 1. The van der Waals surface area contributed by atoms with Crippen LogP contribution >= 0.6 is 0 Å². The van der Waals surface area contributed by atoms with Gasteiger partial charge in [0.2, 0.25) is 0 Å². The minimum absolute atomic E-state index is 0.0637. The number of ether oxygens (including phenoxy) is 2. The van der Waals surface area contributed by atoms with E-state index in [4.69, 9.17) is 15.2 Å². The van der Waals surface area contributed by atoms with Crippen LogP contribution in [0.4, 0.5) is 9.18 Å². The third-order valence-electron chi connectivity index (χ3n) is 5.73. The van der Waals surface area contributed by atoms with E-state index in [0.29, 0.717) is 28.3 Å². The lowest BCUT2D eigenvalue weighted by Gasteiger charge is -2.27. The molecule has 0 radical (unpaired) electrons. The van der Waals surface area contributed by atoms with E-state index in [0.717, 1.165) is 5.56 Å². The van der Waals surface area contributed by atoms with Gasteiger partial charge >= 0.3 is 6.09 Å².